The summed E-state index contributed by atoms with van der Waals surface area (Å²) in [6.45, 7) is 5.92. The summed E-state index contributed by atoms with van der Waals surface area (Å²) < 4.78 is 1.12. The summed E-state index contributed by atoms with van der Waals surface area (Å²) in [4.78, 5) is 0. The fourth-order valence-electron chi connectivity index (χ4n) is 0.942. The Morgan fingerprint density at radius 1 is 1.58 bits per heavy atom. The van der Waals surface area contributed by atoms with Crippen LogP contribution in [0.3, 0.4) is 0 Å². The van der Waals surface area contributed by atoms with Crippen molar-refractivity contribution < 1.29 is 0 Å². The Labute approximate surface area is 86.4 Å². The van der Waals surface area contributed by atoms with Crippen LogP contribution in [0.1, 0.15) is 11.1 Å². The van der Waals surface area contributed by atoms with E-state index >= 15 is 0 Å². The molecule has 0 saturated carbocycles. The van der Waals surface area contributed by atoms with E-state index in [0.29, 0.717) is 5.88 Å². The average molecular weight is 246 g/mol. The minimum atomic E-state index is 0.487. The predicted octanol–water partition coefficient (Wildman–Crippen LogP) is 4.01. The lowest BCUT2D eigenvalue weighted by Gasteiger charge is -2.04. The van der Waals surface area contributed by atoms with Gasteiger partial charge in [0.25, 0.3) is 0 Å². The second-order valence-electron chi connectivity index (χ2n) is 2.70. The topological polar surface area (TPSA) is 0 Å². The molecular weight excluding hydrogens is 235 g/mol. The molecule has 12 heavy (non-hydrogen) atoms. The van der Waals surface area contributed by atoms with Gasteiger partial charge in [-0.25, -0.2) is 0 Å². The Bertz CT molecular complexity index is 305. The number of hydrogen-bond donors (Lipinski definition) is 0. The van der Waals surface area contributed by atoms with Crippen LogP contribution in [0.4, 0.5) is 0 Å². The van der Waals surface area contributed by atoms with Crippen molar-refractivity contribution in [1.82, 2.24) is 0 Å². The number of allylic oxidation sites excluding steroid dienone is 1. The van der Waals surface area contributed by atoms with Crippen LogP contribution in [-0.4, -0.2) is 5.88 Å². The maximum absolute atomic E-state index is 5.67. The lowest BCUT2D eigenvalue weighted by atomic mass is 10.1. The summed E-state index contributed by atoms with van der Waals surface area (Å²) in [7, 11) is 0. The Morgan fingerprint density at radius 3 is 2.75 bits per heavy atom. The van der Waals surface area contributed by atoms with Crippen molar-refractivity contribution in [2.45, 2.75) is 6.92 Å². The number of benzene rings is 1. The number of hydrogen-bond acceptors (Lipinski definition) is 0. The molecule has 0 N–H and O–H groups in total. The minimum absolute atomic E-state index is 0.487. The van der Waals surface area contributed by atoms with Crippen molar-refractivity contribution in [3.63, 3.8) is 0 Å². The van der Waals surface area contributed by atoms with Crippen molar-refractivity contribution >= 4 is 33.1 Å². The van der Waals surface area contributed by atoms with Gasteiger partial charge >= 0.3 is 0 Å². The lowest BCUT2D eigenvalue weighted by Crippen LogP contribution is -1.85. The molecule has 0 bridgehead atoms. The van der Waals surface area contributed by atoms with Crippen LogP contribution in [-0.2, 0) is 0 Å². The van der Waals surface area contributed by atoms with E-state index in [2.05, 4.69) is 35.5 Å². The average Bonchev–Trinajstić information content (AvgIpc) is 2.08. The number of alkyl halides is 1. The number of halogens is 2. The first-order chi connectivity index (χ1) is 5.65. The first-order valence-corrected chi connectivity index (χ1v) is 4.98. The first-order valence-electron chi connectivity index (χ1n) is 3.65. The van der Waals surface area contributed by atoms with Crippen LogP contribution < -0.4 is 0 Å². The summed E-state index contributed by atoms with van der Waals surface area (Å²) in [5, 5.41) is 0. The van der Waals surface area contributed by atoms with Gasteiger partial charge in [0.15, 0.2) is 0 Å². The normalized spacial score (nSPS) is 9.92. The van der Waals surface area contributed by atoms with Crippen LogP contribution in [0.25, 0.3) is 5.57 Å². The zero-order valence-corrected chi connectivity index (χ0v) is 9.24. The van der Waals surface area contributed by atoms with E-state index in [-0.39, 0.29) is 0 Å². The monoisotopic (exact) mass is 244 g/mol. The third kappa shape index (κ3) is 2.11. The number of rotatable bonds is 2. The van der Waals surface area contributed by atoms with Crippen molar-refractivity contribution in [3.05, 3.63) is 40.4 Å². The highest BCUT2D eigenvalue weighted by molar-refractivity contribution is 9.10. The molecule has 0 nitrogen and oxygen atoms in total. The van der Waals surface area contributed by atoms with Gasteiger partial charge in [-0.05, 0) is 29.7 Å². The molecule has 0 amide bonds. The second-order valence-corrected chi connectivity index (χ2v) is 3.82. The van der Waals surface area contributed by atoms with E-state index in [1.807, 2.05) is 12.1 Å². The lowest BCUT2D eigenvalue weighted by molar-refractivity contribution is 1.40. The molecule has 0 spiro atoms. The fraction of sp³-hybridized carbons (Fsp3) is 0.200. The summed E-state index contributed by atoms with van der Waals surface area (Å²) >= 11 is 9.11. The van der Waals surface area contributed by atoms with Crippen LogP contribution in [0.5, 0.6) is 0 Å². The van der Waals surface area contributed by atoms with E-state index in [1.54, 1.807) is 0 Å². The SMILES string of the molecule is C=C(CCl)c1ccc(Br)c(C)c1. The van der Waals surface area contributed by atoms with Gasteiger partial charge in [0.2, 0.25) is 0 Å². The summed E-state index contributed by atoms with van der Waals surface area (Å²) in [6, 6.07) is 6.11. The van der Waals surface area contributed by atoms with Crippen LogP contribution in [0.2, 0.25) is 0 Å². The van der Waals surface area contributed by atoms with Gasteiger partial charge in [0.1, 0.15) is 0 Å². The van der Waals surface area contributed by atoms with Crippen molar-refractivity contribution in [1.29, 1.82) is 0 Å². The highest BCUT2D eigenvalue weighted by atomic mass is 79.9. The van der Waals surface area contributed by atoms with E-state index < -0.39 is 0 Å². The Kier molecular flexibility index (Phi) is 3.36. The highest BCUT2D eigenvalue weighted by Gasteiger charge is 1.99. The molecule has 0 atom stereocenters. The largest absolute Gasteiger partial charge is 0.122 e. The molecule has 0 aliphatic rings. The zero-order valence-electron chi connectivity index (χ0n) is 6.90. The smallest absolute Gasteiger partial charge is 0.0474 e. The van der Waals surface area contributed by atoms with Crippen molar-refractivity contribution in [2.24, 2.45) is 0 Å². The summed E-state index contributed by atoms with van der Waals surface area (Å²) in [5.74, 6) is 0.487. The zero-order chi connectivity index (χ0) is 9.14. The molecule has 0 heterocycles. The Balaban J connectivity index is 3.05. The van der Waals surface area contributed by atoms with E-state index in [9.17, 15) is 0 Å². The van der Waals surface area contributed by atoms with Crippen LogP contribution >= 0.6 is 27.5 Å². The highest BCUT2D eigenvalue weighted by Crippen LogP contribution is 2.21. The molecule has 1 aromatic rings. The molecule has 1 rings (SSSR count). The van der Waals surface area contributed by atoms with Gasteiger partial charge in [-0.3, -0.25) is 0 Å². The van der Waals surface area contributed by atoms with E-state index in [1.165, 1.54) is 5.56 Å². The van der Waals surface area contributed by atoms with Crippen molar-refractivity contribution in [3.8, 4) is 0 Å². The van der Waals surface area contributed by atoms with Gasteiger partial charge in [-0.2, -0.15) is 0 Å². The summed E-state index contributed by atoms with van der Waals surface area (Å²) in [5.41, 5.74) is 3.29. The molecule has 0 aromatic heterocycles. The molecule has 0 radical (unpaired) electrons. The van der Waals surface area contributed by atoms with Gasteiger partial charge < -0.3 is 0 Å². The van der Waals surface area contributed by atoms with E-state index in [4.69, 9.17) is 11.6 Å². The van der Waals surface area contributed by atoms with Gasteiger partial charge in [-0.15, -0.1) is 11.6 Å². The molecular formula is C10H10BrCl. The van der Waals surface area contributed by atoms with Gasteiger partial charge in [0, 0.05) is 10.4 Å². The molecule has 0 saturated heterocycles. The fourth-order valence-corrected chi connectivity index (χ4v) is 1.34. The third-order valence-electron chi connectivity index (χ3n) is 1.73. The van der Waals surface area contributed by atoms with Crippen LogP contribution in [0, 0.1) is 6.92 Å². The maximum atomic E-state index is 5.67. The second kappa shape index (κ2) is 4.11. The van der Waals surface area contributed by atoms with Gasteiger partial charge in [-0.1, -0.05) is 34.6 Å². The molecule has 0 aliphatic heterocycles. The summed E-state index contributed by atoms with van der Waals surface area (Å²) in [6.07, 6.45) is 0. The molecule has 2 heteroatoms. The van der Waals surface area contributed by atoms with Crippen LogP contribution in [0.15, 0.2) is 29.3 Å². The van der Waals surface area contributed by atoms with Crippen molar-refractivity contribution in [2.75, 3.05) is 5.88 Å². The molecule has 0 aliphatic carbocycles. The number of aryl methyl sites for hydroxylation is 1. The molecule has 1 aromatic carbocycles. The predicted molar refractivity (Wildman–Crippen MR) is 58.6 cm³/mol. The third-order valence-corrected chi connectivity index (χ3v) is 2.94. The maximum Gasteiger partial charge on any atom is 0.0474 e. The van der Waals surface area contributed by atoms with E-state index in [0.717, 1.165) is 15.6 Å². The quantitative estimate of drug-likeness (QED) is 0.691. The molecule has 0 unspecified atom stereocenters. The molecule has 64 valence electrons. The van der Waals surface area contributed by atoms with Gasteiger partial charge in [0.05, 0.1) is 0 Å². The standard InChI is InChI=1S/C10H10BrCl/c1-7-5-9(8(2)6-12)3-4-10(7)11/h3-5H,2,6H2,1H3. The Morgan fingerprint density at radius 2 is 2.25 bits per heavy atom. The minimum Gasteiger partial charge on any atom is -0.122 e. The molecule has 0 fully saturated rings. The Hall–Kier alpha value is -0.270. The first kappa shape index (κ1) is 9.82.